The highest BCUT2D eigenvalue weighted by Gasteiger charge is 2.24. The minimum atomic E-state index is 0.0301. The molecular weight excluding hydrogens is 428 g/mol. The summed E-state index contributed by atoms with van der Waals surface area (Å²) in [5, 5.41) is 4.64. The molecule has 6 heteroatoms. The van der Waals surface area contributed by atoms with Crippen LogP contribution in [0.2, 0.25) is 0 Å². The summed E-state index contributed by atoms with van der Waals surface area (Å²) in [6.07, 6.45) is 13.4. The second-order valence-corrected chi connectivity index (χ2v) is 10.1. The van der Waals surface area contributed by atoms with Crippen LogP contribution in [0.25, 0.3) is 21.6 Å². The fourth-order valence-corrected chi connectivity index (χ4v) is 5.11. The van der Waals surface area contributed by atoms with Crippen LogP contribution in [0.1, 0.15) is 36.6 Å². The number of nitrogens with one attached hydrogen (secondary N) is 1. The maximum Gasteiger partial charge on any atom is 0.166 e. The highest BCUT2D eigenvalue weighted by Crippen LogP contribution is 2.35. The smallest absolute Gasteiger partial charge is 0.166 e. The monoisotopic (exact) mass is 456 g/mol. The maximum atomic E-state index is 5.85. The Morgan fingerprint density at radius 1 is 1.18 bits per heavy atom. The largest absolute Gasteiger partial charge is 0.472 e. The van der Waals surface area contributed by atoms with Gasteiger partial charge in [-0.1, -0.05) is 42.9 Å². The molecule has 1 aliphatic rings. The zero-order chi connectivity index (χ0) is 22.8. The van der Waals surface area contributed by atoms with Gasteiger partial charge < -0.3 is 15.5 Å². The van der Waals surface area contributed by atoms with Crippen molar-refractivity contribution in [3.8, 4) is 11.4 Å². The third-order valence-electron chi connectivity index (χ3n) is 6.25. The molecule has 0 radical (unpaired) electrons. The van der Waals surface area contributed by atoms with Gasteiger partial charge in [0.25, 0.3) is 0 Å². The van der Waals surface area contributed by atoms with Gasteiger partial charge in [0.05, 0.1) is 17.2 Å². The predicted octanol–water partition coefficient (Wildman–Crippen LogP) is 6.88. The van der Waals surface area contributed by atoms with Crippen LogP contribution < -0.4 is 11.1 Å². The number of aryl methyl sites for hydroxylation is 1. The molecule has 33 heavy (non-hydrogen) atoms. The summed E-state index contributed by atoms with van der Waals surface area (Å²) in [6.45, 7) is 5.24. The van der Waals surface area contributed by atoms with E-state index >= 15 is 0 Å². The first-order valence-electron chi connectivity index (χ1n) is 11.3. The van der Waals surface area contributed by atoms with Gasteiger partial charge in [-0.05, 0) is 56.0 Å². The molecule has 1 atom stereocenters. The average molecular weight is 457 g/mol. The lowest BCUT2D eigenvalue weighted by Gasteiger charge is -2.29. The molecule has 1 aromatic carbocycles. The average Bonchev–Trinajstić information content (AvgIpc) is 3.47. The molecule has 168 valence electrons. The van der Waals surface area contributed by atoms with Crippen LogP contribution in [0.3, 0.4) is 0 Å². The lowest BCUT2D eigenvalue weighted by Crippen LogP contribution is -2.20. The Morgan fingerprint density at radius 3 is 2.76 bits per heavy atom. The summed E-state index contributed by atoms with van der Waals surface area (Å²) in [4.78, 5) is 11.7. The molecule has 1 aliphatic carbocycles. The molecule has 0 amide bonds. The number of hydrogen-bond donors (Lipinski definition) is 2. The van der Waals surface area contributed by atoms with E-state index in [0.29, 0.717) is 5.82 Å². The molecule has 0 bridgehead atoms. The van der Waals surface area contributed by atoms with E-state index < -0.39 is 0 Å². The Bertz CT molecular complexity index is 1320. The van der Waals surface area contributed by atoms with Gasteiger partial charge in [0.2, 0.25) is 0 Å². The van der Waals surface area contributed by atoms with Gasteiger partial charge in [-0.3, -0.25) is 0 Å². The Hall–Kier alpha value is -3.38. The number of hydrogen-bond acceptors (Lipinski definition) is 6. The summed E-state index contributed by atoms with van der Waals surface area (Å²) in [7, 11) is 0. The van der Waals surface area contributed by atoms with Gasteiger partial charge in [-0.15, -0.1) is 11.3 Å². The topological polar surface area (TPSA) is 77.0 Å². The third kappa shape index (κ3) is 4.57. The Kier molecular flexibility index (Phi) is 5.77. The van der Waals surface area contributed by atoms with Crippen molar-refractivity contribution in [2.75, 3.05) is 17.6 Å². The second-order valence-electron chi connectivity index (χ2n) is 8.87. The lowest BCUT2D eigenvalue weighted by atomic mass is 9.76. The number of nitrogen functional groups attached to an aromatic ring is 1. The van der Waals surface area contributed by atoms with Crippen molar-refractivity contribution in [1.82, 2.24) is 9.97 Å². The van der Waals surface area contributed by atoms with Crippen LogP contribution in [0.5, 0.6) is 0 Å². The standard InChI is InChI=1S/C27H28N4OS/c1-18-16-23-25(30-24(31-26(23)33-18)20-11-15-32-17-20)29-14-3-4-19-9-12-27(2,13-10-19)21-5-7-22(28)8-6-21/h5-12,15-17H,3-4,13-14,28H2,1-2H3,(H,29,30,31). The van der Waals surface area contributed by atoms with Crippen molar-refractivity contribution in [2.45, 2.75) is 38.5 Å². The molecule has 3 aromatic heterocycles. The zero-order valence-electron chi connectivity index (χ0n) is 19.0. The van der Waals surface area contributed by atoms with Gasteiger partial charge in [0.15, 0.2) is 5.82 Å². The molecule has 3 N–H and O–H groups in total. The number of furan rings is 1. The van der Waals surface area contributed by atoms with Crippen LogP contribution in [-0.4, -0.2) is 16.5 Å². The SMILES string of the molecule is Cc1cc2c(NCCCC3=CCC(C)(c4ccc(N)cc4)C=C3)nc(-c3ccoc3)nc2s1. The van der Waals surface area contributed by atoms with E-state index in [9.17, 15) is 0 Å². The van der Waals surface area contributed by atoms with Crippen LogP contribution >= 0.6 is 11.3 Å². The summed E-state index contributed by atoms with van der Waals surface area (Å²) in [5.41, 5.74) is 10.3. The number of aromatic nitrogens is 2. The number of benzene rings is 1. The first-order valence-corrected chi connectivity index (χ1v) is 12.1. The van der Waals surface area contributed by atoms with Gasteiger partial charge in [-0.2, -0.15) is 0 Å². The number of anilines is 2. The summed E-state index contributed by atoms with van der Waals surface area (Å²) in [5.74, 6) is 1.59. The van der Waals surface area contributed by atoms with E-state index in [-0.39, 0.29) is 5.41 Å². The fourth-order valence-electron chi connectivity index (χ4n) is 4.23. The number of nitrogens with two attached hydrogens (primary N) is 1. The van der Waals surface area contributed by atoms with Crippen molar-refractivity contribution in [3.05, 3.63) is 83.2 Å². The minimum Gasteiger partial charge on any atom is -0.472 e. The Balaban J connectivity index is 1.22. The van der Waals surface area contributed by atoms with E-state index in [2.05, 4.69) is 55.6 Å². The quantitative estimate of drug-likeness (QED) is 0.234. The van der Waals surface area contributed by atoms with Crippen LogP contribution in [-0.2, 0) is 5.41 Å². The molecule has 5 rings (SSSR count). The van der Waals surface area contributed by atoms with Crippen molar-refractivity contribution in [1.29, 1.82) is 0 Å². The second kappa shape index (κ2) is 8.87. The molecule has 4 aromatic rings. The highest BCUT2D eigenvalue weighted by molar-refractivity contribution is 7.18. The molecule has 0 aliphatic heterocycles. The number of allylic oxidation sites excluding steroid dienone is 4. The lowest BCUT2D eigenvalue weighted by molar-refractivity contribution is 0.568. The summed E-state index contributed by atoms with van der Waals surface area (Å²) >= 11 is 1.69. The molecule has 0 fully saturated rings. The van der Waals surface area contributed by atoms with Crippen molar-refractivity contribution < 1.29 is 4.42 Å². The summed E-state index contributed by atoms with van der Waals surface area (Å²) in [6, 6.07) is 12.3. The molecule has 3 heterocycles. The molecular formula is C27H28N4OS. The van der Waals surface area contributed by atoms with Crippen LogP contribution in [0, 0.1) is 6.92 Å². The first kappa shape index (κ1) is 21.5. The Morgan fingerprint density at radius 2 is 2.03 bits per heavy atom. The fraction of sp³-hybridized carbons (Fsp3) is 0.259. The minimum absolute atomic E-state index is 0.0301. The van der Waals surface area contributed by atoms with Gasteiger partial charge in [-0.25, -0.2) is 9.97 Å². The molecule has 5 nitrogen and oxygen atoms in total. The number of fused-ring (bicyclic) bond motifs is 1. The maximum absolute atomic E-state index is 5.85. The molecule has 0 spiro atoms. The van der Waals surface area contributed by atoms with E-state index in [0.717, 1.165) is 53.1 Å². The number of nitrogens with zero attached hydrogens (tertiary/aromatic N) is 2. The molecule has 0 saturated heterocycles. The van der Waals surface area contributed by atoms with Crippen molar-refractivity contribution >= 4 is 33.1 Å². The zero-order valence-corrected chi connectivity index (χ0v) is 19.8. The number of thiophene rings is 1. The van der Waals surface area contributed by atoms with Crippen molar-refractivity contribution in [3.63, 3.8) is 0 Å². The Labute approximate surface area is 198 Å². The van der Waals surface area contributed by atoms with E-state index in [1.165, 1.54) is 16.0 Å². The van der Waals surface area contributed by atoms with E-state index in [1.54, 1.807) is 23.9 Å². The first-order chi connectivity index (χ1) is 16.0. The van der Waals surface area contributed by atoms with Gasteiger partial charge in [0.1, 0.15) is 16.9 Å². The summed E-state index contributed by atoms with van der Waals surface area (Å²) < 4.78 is 5.22. The molecule has 1 unspecified atom stereocenters. The van der Waals surface area contributed by atoms with Crippen LogP contribution in [0.4, 0.5) is 11.5 Å². The van der Waals surface area contributed by atoms with Crippen molar-refractivity contribution in [2.24, 2.45) is 0 Å². The van der Waals surface area contributed by atoms with E-state index in [1.807, 2.05) is 18.2 Å². The van der Waals surface area contributed by atoms with E-state index in [4.69, 9.17) is 20.1 Å². The van der Waals surface area contributed by atoms with Gasteiger partial charge >= 0.3 is 0 Å². The highest BCUT2D eigenvalue weighted by atomic mass is 32.1. The number of rotatable bonds is 7. The van der Waals surface area contributed by atoms with Crippen LogP contribution in [0.15, 0.2) is 77.1 Å². The third-order valence-corrected chi connectivity index (χ3v) is 7.20. The van der Waals surface area contributed by atoms with Gasteiger partial charge in [0, 0.05) is 22.5 Å². The normalized spacial score (nSPS) is 17.9. The predicted molar refractivity (Wildman–Crippen MR) is 138 cm³/mol. The molecule has 0 saturated carbocycles.